The van der Waals surface area contributed by atoms with Crippen LogP contribution in [0.4, 0.5) is 0 Å². The second-order valence-electron chi connectivity index (χ2n) is 7.53. The number of benzene rings is 1. The van der Waals surface area contributed by atoms with Crippen molar-refractivity contribution in [2.75, 3.05) is 25.6 Å². The van der Waals surface area contributed by atoms with Gasteiger partial charge < -0.3 is 19.5 Å². The molecule has 2 fully saturated rings. The Balaban J connectivity index is 1.33. The Hall–Kier alpha value is -1.40. The van der Waals surface area contributed by atoms with Gasteiger partial charge in [-0.1, -0.05) is 6.92 Å². The van der Waals surface area contributed by atoms with Crippen molar-refractivity contribution in [3.63, 3.8) is 0 Å². The molecule has 1 aromatic rings. The Bertz CT molecular complexity index is 676. The fourth-order valence-electron chi connectivity index (χ4n) is 4.83. The van der Waals surface area contributed by atoms with Crippen LogP contribution in [0.5, 0.6) is 11.5 Å². The summed E-state index contributed by atoms with van der Waals surface area (Å²) in [5.74, 6) is 2.59. The van der Waals surface area contributed by atoms with Crippen LogP contribution in [0, 0.1) is 5.41 Å². The zero-order valence-corrected chi connectivity index (χ0v) is 16.1. The highest BCUT2D eigenvalue weighted by Crippen LogP contribution is 2.51. The number of aliphatic hydroxyl groups is 1. The zero-order valence-electron chi connectivity index (χ0n) is 15.3. The van der Waals surface area contributed by atoms with Crippen molar-refractivity contribution < 1.29 is 19.4 Å². The van der Waals surface area contributed by atoms with Crippen LogP contribution in [0.1, 0.15) is 39.0 Å². The van der Waals surface area contributed by atoms with E-state index in [4.69, 9.17) is 9.47 Å². The molecule has 5 nitrogen and oxygen atoms in total. The number of hydrogen-bond acceptors (Lipinski definition) is 5. The summed E-state index contributed by atoms with van der Waals surface area (Å²) in [6, 6.07) is 6.52. The van der Waals surface area contributed by atoms with Crippen LogP contribution >= 0.6 is 11.8 Å². The van der Waals surface area contributed by atoms with Crippen molar-refractivity contribution in [2.45, 2.75) is 56.0 Å². The number of carbonyl (C=O) groups excluding carboxylic acids is 1. The average molecular weight is 378 g/mol. The van der Waals surface area contributed by atoms with Crippen LogP contribution in [0.2, 0.25) is 0 Å². The molecule has 4 rings (SSSR count). The monoisotopic (exact) mass is 377 g/mol. The maximum atomic E-state index is 12.8. The summed E-state index contributed by atoms with van der Waals surface area (Å²) in [4.78, 5) is 16.0. The normalized spacial score (nSPS) is 29.2. The lowest BCUT2D eigenvalue weighted by atomic mass is 9.72. The molecular formula is C20H27NO4S. The standard InChI is InChI=1S/C20H27NO4S/c1-2-20(13-22)12-14-3-6-18(20)21(14)19(23)7-10-26-15-4-5-16-17(11-15)25-9-8-24-16/h4-5,11,14,18,22H,2-3,6-10,12-13H2,1H3/t14-,18+,20-/m0/s1. The quantitative estimate of drug-likeness (QED) is 0.772. The van der Waals surface area contributed by atoms with E-state index < -0.39 is 0 Å². The average Bonchev–Trinajstić information content (AvgIpc) is 3.24. The Morgan fingerprint density at radius 2 is 2.12 bits per heavy atom. The summed E-state index contributed by atoms with van der Waals surface area (Å²) < 4.78 is 11.2. The van der Waals surface area contributed by atoms with Crippen molar-refractivity contribution in [2.24, 2.45) is 5.41 Å². The summed E-state index contributed by atoms with van der Waals surface area (Å²) >= 11 is 1.68. The van der Waals surface area contributed by atoms with Gasteiger partial charge in [-0.15, -0.1) is 11.8 Å². The van der Waals surface area contributed by atoms with E-state index in [1.54, 1.807) is 11.8 Å². The lowest BCUT2D eigenvalue weighted by Crippen LogP contribution is -2.42. The number of aliphatic hydroxyl groups excluding tert-OH is 1. The minimum Gasteiger partial charge on any atom is -0.486 e. The van der Waals surface area contributed by atoms with Gasteiger partial charge in [0, 0.05) is 34.6 Å². The van der Waals surface area contributed by atoms with Crippen LogP contribution in [-0.2, 0) is 4.79 Å². The molecular weight excluding hydrogens is 350 g/mol. The molecule has 1 amide bonds. The lowest BCUT2D eigenvalue weighted by molar-refractivity contribution is -0.132. The molecule has 2 saturated heterocycles. The van der Waals surface area contributed by atoms with Crippen molar-refractivity contribution in [1.82, 2.24) is 4.90 Å². The molecule has 1 aromatic carbocycles. The molecule has 0 aromatic heterocycles. The van der Waals surface area contributed by atoms with Gasteiger partial charge in [-0.3, -0.25) is 4.79 Å². The number of fused-ring (bicyclic) bond motifs is 3. The Morgan fingerprint density at radius 1 is 1.31 bits per heavy atom. The smallest absolute Gasteiger partial charge is 0.223 e. The van der Waals surface area contributed by atoms with Gasteiger partial charge in [0.1, 0.15) is 13.2 Å². The predicted octanol–water partition coefficient (Wildman–Crippen LogP) is 3.09. The van der Waals surface area contributed by atoms with E-state index in [2.05, 4.69) is 11.8 Å². The van der Waals surface area contributed by atoms with Gasteiger partial charge in [0.2, 0.25) is 5.91 Å². The van der Waals surface area contributed by atoms with E-state index in [1.165, 1.54) is 0 Å². The molecule has 0 radical (unpaired) electrons. The Morgan fingerprint density at radius 3 is 2.85 bits per heavy atom. The molecule has 0 aliphatic carbocycles. The summed E-state index contributed by atoms with van der Waals surface area (Å²) in [7, 11) is 0. The highest BCUT2D eigenvalue weighted by molar-refractivity contribution is 7.99. The van der Waals surface area contributed by atoms with Crippen LogP contribution in [0.15, 0.2) is 23.1 Å². The highest BCUT2D eigenvalue weighted by Gasteiger charge is 2.55. The number of rotatable bonds is 6. The van der Waals surface area contributed by atoms with Crippen LogP contribution in [0.25, 0.3) is 0 Å². The predicted molar refractivity (Wildman–Crippen MR) is 101 cm³/mol. The maximum absolute atomic E-state index is 12.8. The topological polar surface area (TPSA) is 59.0 Å². The van der Waals surface area contributed by atoms with Crippen molar-refractivity contribution >= 4 is 17.7 Å². The van der Waals surface area contributed by atoms with E-state index >= 15 is 0 Å². The molecule has 3 heterocycles. The molecule has 0 saturated carbocycles. The number of ether oxygens (including phenoxy) is 2. The van der Waals surface area contributed by atoms with Gasteiger partial charge in [0.15, 0.2) is 11.5 Å². The maximum Gasteiger partial charge on any atom is 0.223 e. The molecule has 0 unspecified atom stereocenters. The number of amides is 1. The Kier molecular flexibility index (Phi) is 5.06. The van der Waals surface area contributed by atoms with Crippen molar-refractivity contribution in [3.05, 3.63) is 18.2 Å². The molecule has 3 aliphatic rings. The first-order chi connectivity index (χ1) is 12.7. The SMILES string of the molecule is CC[C@@]1(CO)C[C@@H]2CC[C@H]1N2C(=O)CCSc1ccc2c(c1)OCCO2. The zero-order chi connectivity index (χ0) is 18.1. The minimum absolute atomic E-state index is 0.0679. The molecule has 26 heavy (non-hydrogen) atoms. The summed E-state index contributed by atoms with van der Waals surface area (Å²) in [6.07, 6.45) is 4.58. The highest BCUT2D eigenvalue weighted by atomic mass is 32.2. The number of thioether (sulfide) groups is 1. The van der Waals surface area contributed by atoms with Crippen LogP contribution in [0.3, 0.4) is 0 Å². The number of hydrogen-bond donors (Lipinski definition) is 1. The third-order valence-corrected chi connectivity index (χ3v) is 7.25. The van der Waals surface area contributed by atoms with E-state index in [1.807, 2.05) is 18.2 Å². The fraction of sp³-hybridized carbons (Fsp3) is 0.650. The molecule has 142 valence electrons. The summed E-state index contributed by atoms with van der Waals surface area (Å²) in [5.41, 5.74) is -0.0679. The van der Waals surface area contributed by atoms with Gasteiger partial charge >= 0.3 is 0 Å². The molecule has 1 N–H and O–H groups in total. The van der Waals surface area contributed by atoms with Gasteiger partial charge in [0.05, 0.1) is 6.61 Å². The van der Waals surface area contributed by atoms with Gasteiger partial charge in [0.25, 0.3) is 0 Å². The third-order valence-electron chi connectivity index (χ3n) is 6.26. The lowest BCUT2D eigenvalue weighted by Gasteiger charge is -2.34. The van der Waals surface area contributed by atoms with Crippen LogP contribution < -0.4 is 9.47 Å². The van der Waals surface area contributed by atoms with E-state index in [9.17, 15) is 9.90 Å². The second kappa shape index (κ2) is 7.31. The van der Waals surface area contributed by atoms with E-state index in [0.717, 1.165) is 47.8 Å². The second-order valence-corrected chi connectivity index (χ2v) is 8.70. The molecule has 0 spiro atoms. The fourth-order valence-corrected chi connectivity index (χ4v) is 5.69. The number of nitrogens with zero attached hydrogens (tertiary/aromatic N) is 1. The minimum atomic E-state index is -0.0679. The van der Waals surface area contributed by atoms with Gasteiger partial charge in [-0.05, 0) is 43.9 Å². The first kappa shape index (κ1) is 18.0. The van der Waals surface area contributed by atoms with Gasteiger partial charge in [-0.25, -0.2) is 0 Å². The van der Waals surface area contributed by atoms with Crippen LogP contribution in [-0.4, -0.2) is 53.6 Å². The van der Waals surface area contributed by atoms with Crippen molar-refractivity contribution in [1.29, 1.82) is 0 Å². The van der Waals surface area contributed by atoms with E-state index in [0.29, 0.717) is 25.7 Å². The first-order valence-corrected chi connectivity index (χ1v) is 10.6. The van der Waals surface area contributed by atoms with E-state index in [-0.39, 0.29) is 24.0 Å². The summed E-state index contributed by atoms with van der Waals surface area (Å²) in [6.45, 7) is 3.51. The largest absolute Gasteiger partial charge is 0.486 e. The molecule has 2 bridgehead atoms. The molecule has 3 atom stereocenters. The molecule has 3 aliphatic heterocycles. The summed E-state index contributed by atoms with van der Waals surface area (Å²) in [5, 5.41) is 9.90. The first-order valence-electron chi connectivity index (χ1n) is 9.61. The molecule has 6 heteroatoms. The van der Waals surface area contributed by atoms with Crippen molar-refractivity contribution in [3.8, 4) is 11.5 Å². The third kappa shape index (κ3) is 3.07. The number of carbonyl (C=O) groups is 1. The Labute approximate surface area is 159 Å². The van der Waals surface area contributed by atoms with Gasteiger partial charge in [-0.2, -0.15) is 0 Å².